The zero-order chi connectivity index (χ0) is 12.0. The van der Waals surface area contributed by atoms with Gasteiger partial charge in [0.05, 0.1) is 7.11 Å². The van der Waals surface area contributed by atoms with Gasteiger partial charge in [-0.15, -0.1) is 0 Å². The molecule has 1 nitrogen and oxygen atoms in total. The van der Waals surface area contributed by atoms with Crippen LogP contribution in [0.4, 0.5) is 4.39 Å². The first-order valence-electron chi connectivity index (χ1n) is 6.20. The van der Waals surface area contributed by atoms with Gasteiger partial charge in [-0.05, 0) is 48.3 Å². The Bertz CT molecular complexity index is 424. The summed E-state index contributed by atoms with van der Waals surface area (Å²) in [5.74, 6) is 2.54. The highest BCUT2D eigenvalue weighted by Crippen LogP contribution is 2.64. The average molecular weight is 299 g/mol. The van der Waals surface area contributed by atoms with Crippen LogP contribution in [-0.4, -0.2) is 7.11 Å². The second-order valence-corrected chi connectivity index (χ2v) is 6.12. The molecule has 2 aliphatic carbocycles. The molecule has 0 N–H and O–H groups in total. The fourth-order valence-corrected chi connectivity index (χ4v) is 4.46. The van der Waals surface area contributed by atoms with Crippen molar-refractivity contribution in [1.82, 2.24) is 0 Å². The van der Waals surface area contributed by atoms with Crippen LogP contribution in [0.3, 0.4) is 0 Å². The summed E-state index contributed by atoms with van der Waals surface area (Å²) < 4.78 is 18.6. The molecule has 92 valence electrons. The van der Waals surface area contributed by atoms with E-state index < -0.39 is 0 Å². The summed E-state index contributed by atoms with van der Waals surface area (Å²) >= 11 is 3.74. The lowest BCUT2D eigenvalue weighted by molar-refractivity contribution is 0.386. The molecule has 3 unspecified atom stereocenters. The Morgan fingerprint density at radius 2 is 2.06 bits per heavy atom. The van der Waals surface area contributed by atoms with Crippen molar-refractivity contribution in [2.24, 2.45) is 17.8 Å². The molecule has 2 saturated carbocycles. The maximum Gasteiger partial charge on any atom is 0.165 e. The first kappa shape index (κ1) is 11.5. The van der Waals surface area contributed by atoms with Crippen molar-refractivity contribution < 1.29 is 9.13 Å². The zero-order valence-electron chi connectivity index (χ0n) is 9.83. The number of methoxy groups -OCH3 is 1. The molecule has 0 aromatic heterocycles. The van der Waals surface area contributed by atoms with Gasteiger partial charge in [0.15, 0.2) is 11.6 Å². The first-order valence-corrected chi connectivity index (χ1v) is 7.11. The molecule has 0 spiro atoms. The molecule has 0 heterocycles. The summed E-state index contributed by atoms with van der Waals surface area (Å²) in [7, 11) is 1.50. The largest absolute Gasteiger partial charge is 0.494 e. The predicted octanol–water partition coefficient (Wildman–Crippen LogP) is 4.32. The number of benzene rings is 1. The van der Waals surface area contributed by atoms with Crippen LogP contribution in [0.15, 0.2) is 18.2 Å². The van der Waals surface area contributed by atoms with Crippen molar-refractivity contribution in [3.63, 3.8) is 0 Å². The fraction of sp³-hybridized carbons (Fsp3) is 0.571. The van der Waals surface area contributed by atoms with E-state index in [0.29, 0.717) is 10.6 Å². The Kier molecular flexibility index (Phi) is 2.89. The Morgan fingerprint density at radius 3 is 2.65 bits per heavy atom. The molecule has 0 aliphatic heterocycles. The fourth-order valence-electron chi connectivity index (χ4n) is 3.39. The summed E-state index contributed by atoms with van der Waals surface area (Å²) in [6.07, 6.45) is 4.09. The van der Waals surface area contributed by atoms with Gasteiger partial charge in [-0.25, -0.2) is 4.39 Å². The second-order valence-electron chi connectivity index (χ2n) is 5.13. The van der Waals surface area contributed by atoms with Gasteiger partial charge in [-0.2, -0.15) is 0 Å². The van der Waals surface area contributed by atoms with E-state index in [1.54, 1.807) is 12.1 Å². The molecule has 1 aromatic carbocycles. The van der Waals surface area contributed by atoms with Gasteiger partial charge in [0, 0.05) is 4.83 Å². The van der Waals surface area contributed by atoms with Crippen molar-refractivity contribution in [3.8, 4) is 5.75 Å². The molecule has 2 aliphatic rings. The minimum absolute atomic E-state index is 0.264. The highest BCUT2D eigenvalue weighted by molar-refractivity contribution is 9.09. The number of alkyl halides is 1. The summed E-state index contributed by atoms with van der Waals surface area (Å²) in [5.41, 5.74) is 1.04. The molecule has 0 bridgehead atoms. The average Bonchev–Trinajstić information content (AvgIpc) is 2.81. The third-order valence-electron chi connectivity index (χ3n) is 4.30. The minimum Gasteiger partial charge on any atom is -0.494 e. The molecular weight excluding hydrogens is 283 g/mol. The van der Waals surface area contributed by atoms with E-state index in [1.165, 1.54) is 26.4 Å². The molecule has 0 saturated heterocycles. The molecule has 3 rings (SSSR count). The van der Waals surface area contributed by atoms with Gasteiger partial charge in [-0.3, -0.25) is 0 Å². The predicted molar refractivity (Wildman–Crippen MR) is 68.9 cm³/mol. The van der Waals surface area contributed by atoms with Crippen LogP contribution in [0, 0.1) is 23.6 Å². The molecule has 3 atom stereocenters. The van der Waals surface area contributed by atoms with E-state index in [1.807, 2.05) is 6.07 Å². The van der Waals surface area contributed by atoms with Gasteiger partial charge in [-0.1, -0.05) is 28.4 Å². The van der Waals surface area contributed by atoms with Gasteiger partial charge in [0.1, 0.15) is 0 Å². The maximum absolute atomic E-state index is 13.6. The van der Waals surface area contributed by atoms with E-state index in [2.05, 4.69) is 15.9 Å². The van der Waals surface area contributed by atoms with E-state index >= 15 is 0 Å². The van der Waals surface area contributed by atoms with Gasteiger partial charge in [0.2, 0.25) is 0 Å². The van der Waals surface area contributed by atoms with E-state index in [-0.39, 0.29) is 5.82 Å². The van der Waals surface area contributed by atoms with Crippen molar-refractivity contribution in [1.29, 1.82) is 0 Å². The first-order chi connectivity index (χ1) is 8.22. The molecule has 0 amide bonds. The number of fused-ring (bicyclic) bond motifs is 1. The number of ether oxygens (including phenoxy) is 1. The Morgan fingerprint density at radius 1 is 1.35 bits per heavy atom. The van der Waals surface area contributed by atoms with Crippen LogP contribution in [0.5, 0.6) is 5.75 Å². The third-order valence-corrected chi connectivity index (χ3v) is 5.44. The smallest absolute Gasteiger partial charge is 0.165 e. The molecular formula is C14H16BrFO. The quantitative estimate of drug-likeness (QED) is 0.755. The van der Waals surface area contributed by atoms with Gasteiger partial charge < -0.3 is 4.74 Å². The SMILES string of the molecule is COc1ccc(C(Br)C2C3CCCC32)cc1F. The lowest BCUT2D eigenvalue weighted by Gasteiger charge is -2.13. The van der Waals surface area contributed by atoms with E-state index in [0.717, 1.165) is 23.3 Å². The maximum atomic E-state index is 13.6. The molecule has 3 heteroatoms. The summed E-state index contributed by atoms with van der Waals surface area (Å²) in [6.45, 7) is 0. The monoisotopic (exact) mass is 298 g/mol. The third kappa shape index (κ3) is 1.88. The topological polar surface area (TPSA) is 9.23 Å². The van der Waals surface area contributed by atoms with Crippen LogP contribution >= 0.6 is 15.9 Å². The normalized spacial score (nSPS) is 32.1. The summed E-state index contributed by atoms with van der Waals surface area (Å²) in [6, 6.07) is 5.29. The van der Waals surface area contributed by atoms with E-state index in [9.17, 15) is 4.39 Å². The number of rotatable bonds is 3. The van der Waals surface area contributed by atoms with Crippen LogP contribution in [0.25, 0.3) is 0 Å². The molecule has 1 aromatic rings. The zero-order valence-corrected chi connectivity index (χ0v) is 11.4. The standard InChI is InChI=1S/C14H16BrFO/c1-17-12-6-5-8(7-11(12)16)14(15)13-9-3-2-4-10(9)13/h5-7,9-10,13-14H,2-4H2,1H3. The lowest BCUT2D eigenvalue weighted by atomic mass is 10.0. The Labute approximate surface area is 109 Å². The van der Waals surface area contributed by atoms with Crippen molar-refractivity contribution in [3.05, 3.63) is 29.6 Å². The highest BCUT2D eigenvalue weighted by Gasteiger charge is 2.55. The number of hydrogen-bond acceptors (Lipinski definition) is 1. The van der Waals surface area contributed by atoms with Crippen LogP contribution in [0.1, 0.15) is 29.7 Å². The Hall–Kier alpha value is -0.570. The molecule has 2 fully saturated rings. The second kappa shape index (κ2) is 4.27. The van der Waals surface area contributed by atoms with Crippen molar-refractivity contribution in [2.45, 2.75) is 24.1 Å². The van der Waals surface area contributed by atoms with E-state index in [4.69, 9.17) is 4.74 Å². The Balaban J connectivity index is 1.78. The van der Waals surface area contributed by atoms with Crippen LogP contribution in [0.2, 0.25) is 0 Å². The highest BCUT2D eigenvalue weighted by atomic mass is 79.9. The number of hydrogen-bond donors (Lipinski definition) is 0. The van der Waals surface area contributed by atoms with Gasteiger partial charge >= 0.3 is 0 Å². The summed E-state index contributed by atoms with van der Waals surface area (Å²) in [4.78, 5) is 0.304. The summed E-state index contributed by atoms with van der Waals surface area (Å²) in [5, 5.41) is 0. The van der Waals surface area contributed by atoms with Crippen LogP contribution < -0.4 is 4.74 Å². The van der Waals surface area contributed by atoms with Crippen LogP contribution in [-0.2, 0) is 0 Å². The van der Waals surface area contributed by atoms with Gasteiger partial charge in [0.25, 0.3) is 0 Å². The minimum atomic E-state index is -0.264. The lowest BCUT2D eigenvalue weighted by Crippen LogP contribution is -1.99. The molecule has 0 radical (unpaired) electrons. The molecule has 17 heavy (non-hydrogen) atoms. The van der Waals surface area contributed by atoms with Crippen molar-refractivity contribution in [2.75, 3.05) is 7.11 Å². The van der Waals surface area contributed by atoms with Crippen molar-refractivity contribution >= 4 is 15.9 Å². The number of halogens is 2.